The molecule has 0 N–H and O–H groups in total. The zero-order valence-corrected chi connectivity index (χ0v) is 30.8. The molecule has 1 heterocycles. The van der Waals surface area contributed by atoms with Gasteiger partial charge >= 0.3 is 0 Å². The number of fused-ring (bicyclic) bond motifs is 3. The first kappa shape index (κ1) is 33.2. The molecule has 2 nitrogen and oxygen atoms in total. The van der Waals surface area contributed by atoms with Crippen molar-refractivity contribution in [3.8, 4) is 50.2 Å². The molecule has 0 bridgehead atoms. The van der Waals surface area contributed by atoms with E-state index >= 15 is 0 Å². The van der Waals surface area contributed by atoms with E-state index in [4.69, 9.17) is 0 Å². The van der Waals surface area contributed by atoms with Crippen molar-refractivity contribution in [2.24, 2.45) is 0 Å². The molecule has 0 aliphatic rings. The lowest BCUT2D eigenvalue weighted by Gasteiger charge is -2.28. The molecule has 0 aliphatic carbocycles. The van der Waals surface area contributed by atoms with Crippen LogP contribution in [-0.4, -0.2) is 4.57 Å². The topological polar surface area (TPSA) is 8.17 Å². The van der Waals surface area contributed by atoms with E-state index < -0.39 is 0 Å². The number of rotatable bonds is 8. The second-order valence-electron chi connectivity index (χ2n) is 14.2. The summed E-state index contributed by atoms with van der Waals surface area (Å²) in [7, 11) is 0. The molecule has 264 valence electrons. The van der Waals surface area contributed by atoms with E-state index in [0.717, 1.165) is 50.5 Å². The van der Waals surface area contributed by atoms with Gasteiger partial charge in [-0.25, -0.2) is 0 Å². The van der Waals surface area contributed by atoms with Crippen LogP contribution in [0.15, 0.2) is 231 Å². The Balaban J connectivity index is 1.29. The van der Waals surface area contributed by atoms with Crippen molar-refractivity contribution >= 4 is 38.9 Å². The van der Waals surface area contributed by atoms with Gasteiger partial charge in [0.2, 0.25) is 0 Å². The quantitative estimate of drug-likeness (QED) is 0.152. The largest absolute Gasteiger partial charge is 0.310 e. The van der Waals surface area contributed by atoms with E-state index in [-0.39, 0.29) is 0 Å². The van der Waals surface area contributed by atoms with Gasteiger partial charge < -0.3 is 9.47 Å². The Morgan fingerprint density at radius 1 is 0.250 bits per heavy atom. The number of anilines is 3. The minimum atomic E-state index is 1.07. The number of hydrogen-bond acceptors (Lipinski definition) is 1. The summed E-state index contributed by atoms with van der Waals surface area (Å²) in [4.78, 5) is 2.45. The molecule has 0 unspecified atom stereocenters. The number of aromatic nitrogens is 1. The molecule has 0 saturated heterocycles. The number of nitrogens with zero attached hydrogens (tertiary/aromatic N) is 2. The van der Waals surface area contributed by atoms with Crippen LogP contribution in [0.2, 0.25) is 0 Å². The van der Waals surface area contributed by atoms with Gasteiger partial charge in [-0.15, -0.1) is 0 Å². The lowest BCUT2D eigenvalue weighted by atomic mass is 9.95. The van der Waals surface area contributed by atoms with Gasteiger partial charge in [-0.2, -0.15) is 0 Å². The average molecular weight is 715 g/mol. The zero-order valence-electron chi connectivity index (χ0n) is 30.8. The van der Waals surface area contributed by atoms with Crippen LogP contribution in [0.25, 0.3) is 72.0 Å². The molecule has 56 heavy (non-hydrogen) atoms. The van der Waals surface area contributed by atoms with Crippen molar-refractivity contribution in [1.29, 1.82) is 0 Å². The van der Waals surface area contributed by atoms with E-state index in [2.05, 4.69) is 240 Å². The Kier molecular flexibility index (Phi) is 8.55. The Morgan fingerprint density at radius 3 is 1.07 bits per heavy atom. The summed E-state index contributed by atoms with van der Waals surface area (Å²) in [5.41, 5.74) is 16.1. The monoisotopic (exact) mass is 714 g/mol. The van der Waals surface area contributed by atoms with E-state index in [0.29, 0.717) is 0 Å². The lowest BCUT2D eigenvalue weighted by molar-refractivity contribution is 1.18. The molecule has 0 fully saturated rings. The number of hydrogen-bond donors (Lipinski definition) is 0. The van der Waals surface area contributed by atoms with Crippen LogP contribution in [0.4, 0.5) is 17.1 Å². The summed E-state index contributed by atoms with van der Waals surface area (Å²) in [5.74, 6) is 0. The van der Waals surface area contributed by atoms with Crippen molar-refractivity contribution < 1.29 is 0 Å². The molecule has 10 aromatic rings. The Labute approximate surface area is 327 Å². The first-order valence-electron chi connectivity index (χ1n) is 19.2. The Hall–Kier alpha value is -7.42. The SMILES string of the molecule is c1ccc(-c2cc(-c3ccccc3)cc(N(c3cc(-c4ccccc4)cc(-c4ccccc4)c3)c3ccc4c5ccccc5n(-c5ccccc5)c4c3)c2)cc1. The first-order chi connectivity index (χ1) is 27.8. The predicted octanol–water partition coefficient (Wildman–Crippen LogP) is 14.9. The molecule has 0 saturated carbocycles. The maximum Gasteiger partial charge on any atom is 0.0561 e. The molecular formula is C54H38N2. The fourth-order valence-electron chi connectivity index (χ4n) is 8.07. The van der Waals surface area contributed by atoms with Crippen molar-refractivity contribution in [1.82, 2.24) is 4.57 Å². The third-order valence-corrected chi connectivity index (χ3v) is 10.7. The van der Waals surface area contributed by atoms with Crippen LogP contribution in [0, 0.1) is 0 Å². The molecule has 0 spiro atoms. The van der Waals surface area contributed by atoms with E-state index in [1.807, 2.05) is 0 Å². The summed E-state index contributed by atoms with van der Waals surface area (Å²) in [6, 6.07) is 83.3. The smallest absolute Gasteiger partial charge is 0.0561 e. The van der Waals surface area contributed by atoms with Gasteiger partial charge in [0, 0.05) is 33.5 Å². The Bertz CT molecular complexity index is 2690. The van der Waals surface area contributed by atoms with E-state index in [1.54, 1.807) is 0 Å². The van der Waals surface area contributed by atoms with E-state index in [9.17, 15) is 0 Å². The molecule has 10 rings (SSSR count). The molecule has 0 amide bonds. The van der Waals surface area contributed by atoms with Crippen LogP contribution in [0.1, 0.15) is 0 Å². The fourth-order valence-corrected chi connectivity index (χ4v) is 8.07. The second-order valence-corrected chi connectivity index (χ2v) is 14.2. The normalized spacial score (nSPS) is 11.2. The highest BCUT2D eigenvalue weighted by Gasteiger charge is 2.21. The third kappa shape index (κ3) is 6.24. The van der Waals surface area contributed by atoms with Crippen molar-refractivity contribution in [3.05, 3.63) is 231 Å². The Morgan fingerprint density at radius 2 is 0.625 bits per heavy atom. The van der Waals surface area contributed by atoms with Gasteiger partial charge in [0.25, 0.3) is 0 Å². The highest BCUT2D eigenvalue weighted by atomic mass is 15.1. The third-order valence-electron chi connectivity index (χ3n) is 10.7. The molecule has 0 aliphatic heterocycles. The average Bonchev–Trinajstić information content (AvgIpc) is 3.61. The summed E-state index contributed by atoms with van der Waals surface area (Å²) in [6.45, 7) is 0. The van der Waals surface area contributed by atoms with Crippen molar-refractivity contribution in [3.63, 3.8) is 0 Å². The summed E-state index contributed by atoms with van der Waals surface area (Å²) in [5, 5.41) is 2.46. The van der Waals surface area contributed by atoms with Crippen LogP contribution < -0.4 is 4.90 Å². The summed E-state index contributed by atoms with van der Waals surface area (Å²) in [6.07, 6.45) is 0. The molecule has 0 radical (unpaired) electrons. The van der Waals surface area contributed by atoms with Gasteiger partial charge in [-0.3, -0.25) is 0 Å². The highest BCUT2D eigenvalue weighted by molar-refractivity contribution is 6.10. The van der Waals surface area contributed by atoms with Crippen LogP contribution in [0.5, 0.6) is 0 Å². The van der Waals surface area contributed by atoms with Gasteiger partial charge in [0.1, 0.15) is 0 Å². The summed E-state index contributed by atoms with van der Waals surface area (Å²) >= 11 is 0. The molecular weight excluding hydrogens is 677 g/mol. The lowest BCUT2D eigenvalue weighted by Crippen LogP contribution is -2.11. The van der Waals surface area contributed by atoms with Gasteiger partial charge in [-0.1, -0.05) is 164 Å². The fraction of sp³-hybridized carbons (Fsp3) is 0. The number of benzene rings is 9. The molecule has 9 aromatic carbocycles. The van der Waals surface area contributed by atoms with Crippen LogP contribution >= 0.6 is 0 Å². The predicted molar refractivity (Wildman–Crippen MR) is 237 cm³/mol. The number of para-hydroxylation sites is 2. The van der Waals surface area contributed by atoms with Gasteiger partial charge in [-0.05, 0) is 111 Å². The van der Waals surface area contributed by atoms with Gasteiger partial charge in [0.15, 0.2) is 0 Å². The second kappa shape index (κ2) is 14.4. The maximum atomic E-state index is 2.45. The summed E-state index contributed by atoms with van der Waals surface area (Å²) < 4.78 is 2.40. The first-order valence-corrected chi connectivity index (χ1v) is 19.2. The highest BCUT2D eigenvalue weighted by Crippen LogP contribution is 2.44. The van der Waals surface area contributed by atoms with E-state index in [1.165, 1.54) is 38.5 Å². The minimum absolute atomic E-state index is 1.07. The zero-order chi connectivity index (χ0) is 37.3. The van der Waals surface area contributed by atoms with Crippen molar-refractivity contribution in [2.45, 2.75) is 0 Å². The molecule has 1 aromatic heterocycles. The van der Waals surface area contributed by atoms with Crippen molar-refractivity contribution in [2.75, 3.05) is 4.90 Å². The maximum absolute atomic E-state index is 2.45. The van der Waals surface area contributed by atoms with Crippen LogP contribution in [-0.2, 0) is 0 Å². The molecule has 2 heteroatoms. The minimum Gasteiger partial charge on any atom is -0.310 e. The molecule has 0 atom stereocenters. The standard InChI is InChI=1S/C54H38N2/c1-6-18-39(19-7-1)43-32-44(40-20-8-2-9-21-40)35-49(34-43)55(50-36-45(41-22-10-3-11-23-41)33-46(37-50)42-24-12-4-13-25-42)48-30-31-52-51-28-16-17-29-53(51)56(54(52)38-48)47-26-14-5-15-27-47/h1-38H. The van der Waals surface area contributed by atoms with Gasteiger partial charge in [0.05, 0.1) is 11.0 Å². The van der Waals surface area contributed by atoms with Crippen LogP contribution in [0.3, 0.4) is 0 Å².